The van der Waals surface area contributed by atoms with Gasteiger partial charge in [0.05, 0.1) is 6.04 Å². The van der Waals surface area contributed by atoms with Crippen molar-refractivity contribution in [1.29, 1.82) is 0 Å². The van der Waals surface area contributed by atoms with Crippen molar-refractivity contribution >= 4 is 11.6 Å². The third-order valence-corrected chi connectivity index (χ3v) is 3.26. The van der Waals surface area contributed by atoms with E-state index in [0.717, 1.165) is 23.0 Å². The Labute approximate surface area is 119 Å². The largest absolute Gasteiger partial charge is 0.307 e. The number of nitrogens with zero attached hydrogens (tertiary/aromatic N) is 1. The normalized spacial score (nSPS) is 12.4. The molecule has 0 fully saturated rings. The molecular formula is C16H19ClN2. The lowest BCUT2D eigenvalue weighted by atomic mass is 9.98. The van der Waals surface area contributed by atoms with E-state index in [2.05, 4.69) is 35.4 Å². The van der Waals surface area contributed by atoms with Gasteiger partial charge in [-0.15, -0.1) is 0 Å². The molecule has 1 heterocycles. The molecule has 2 rings (SSSR count). The lowest BCUT2D eigenvalue weighted by Gasteiger charge is -2.20. The molecule has 0 bridgehead atoms. The summed E-state index contributed by atoms with van der Waals surface area (Å²) in [6.07, 6.45) is 0. The number of pyridine rings is 1. The van der Waals surface area contributed by atoms with E-state index in [1.54, 1.807) is 0 Å². The van der Waals surface area contributed by atoms with Crippen molar-refractivity contribution in [2.45, 2.75) is 26.8 Å². The Morgan fingerprint density at radius 3 is 2.37 bits per heavy atom. The number of benzene rings is 1. The first-order valence-electron chi connectivity index (χ1n) is 6.54. The molecule has 1 aromatic heterocycles. The standard InChI is InChI=1S/C16H19ClN2/c1-4-18-16(13-6-5-7-15(17)10-13)14-8-11(2)19-12(3)9-14/h5-10,16,18H,4H2,1-3H3. The van der Waals surface area contributed by atoms with Crippen molar-refractivity contribution in [2.24, 2.45) is 0 Å². The van der Waals surface area contributed by atoms with Gasteiger partial charge < -0.3 is 5.32 Å². The van der Waals surface area contributed by atoms with Crippen LogP contribution in [0.5, 0.6) is 0 Å². The molecule has 0 aliphatic rings. The number of nitrogens with one attached hydrogen (secondary N) is 1. The highest BCUT2D eigenvalue weighted by Crippen LogP contribution is 2.25. The molecule has 0 saturated heterocycles. The smallest absolute Gasteiger partial charge is 0.0578 e. The van der Waals surface area contributed by atoms with Crippen molar-refractivity contribution in [3.63, 3.8) is 0 Å². The van der Waals surface area contributed by atoms with E-state index in [-0.39, 0.29) is 6.04 Å². The zero-order chi connectivity index (χ0) is 13.8. The Bertz CT molecular complexity index is 546. The summed E-state index contributed by atoms with van der Waals surface area (Å²) in [6, 6.07) is 12.4. The van der Waals surface area contributed by atoms with Gasteiger partial charge in [0, 0.05) is 16.4 Å². The summed E-state index contributed by atoms with van der Waals surface area (Å²) in [4.78, 5) is 4.43. The van der Waals surface area contributed by atoms with Crippen molar-refractivity contribution in [3.8, 4) is 0 Å². The third kappa shape index (κ3) is 3.55. The Balaban J connectivity index is 2.44. The van der Waals surface area contributed by atoms with Gasteiger partial charge in [-0.2, -0.15) is 0 Å². The molecule has 0 aliphatic carbocycles. The molecule has 3 heteroatoms. The molecule has 0 amide bonds. The second kappa shape index (κ2) is 6.18. The molecule has 1 aromatic carbocycles. The van der Waals surface area contributed by atoms with E-state index in [1.807, 2.05) is 32.0 Å². The minimum absolute atomic E-state index is 0.157. The average Bonchev–Trinajstić information content (AvgIpc) is 2.34. The number of halogens is 1. The highest BCUT2D eigenvalue weighted by atomic mass is 35.5. The SMILES string of the molecule is CCNC(c1cccc(Cl)c1)c1cc(C)nc(C)c1. The first-order valence-corrected chi connectivity index (χ1v) is 6.92. The van der Waals surface area contributed by atoms with Gasteiger partial charge in [-0.25, -0.2) is 0 Å². The van der Waals surface area contributed by atoms with Crippen LogP contribution < -0.4 is 5.32 Å². The Hall–Kier alpha value is -1.38. The average molecular weight is 275 g/mol. The van der Waals surface area contributed by atoms with E-state index in [0.29, 0.717) is 0 Å². The van der Waals surface area contributed by atoms with Gasteiger partial charge in [0.25, 0.3) is 0 Å². The number of hydrogen-bond donors (Lipinski definition) is 1. The monoisotopic (exact) mass is 274 g/mol. The molecule has 0 saturated carbocycles. The molecule has 19 heavy (non-hydrogen) atoms. The summed E-state index contributed by atoms with van der Waals surface area (Å²) in [5, 5.41) is 4.28. The Morgan fingerprint density at radius 2 is 1.79 bits per heavy atom. The minimum atomic E-state index is 0.157. The van der Waals surface area contributed by atoms with E-state index in [9.17, 15) is 0 Å². The summed E-state index contributed by atoms with van der Waals surface area (Å²) in [7, 11) is 0. The van der Waals surface area contributed by atoms with Gasteiger partial charge in [0.1, 0.15) is 0 Å². The summed E-state index contributed by atoms with van der Waals surface area (Å²) in [6.45, 7) is 7.06. The molecule has 1 atom stereocenters. The molecule has 1 N–H and O–H groups in total. The zero-order valence-corrected chi connectivity index (χ0v) is 12.3. The molecule has 1 unspecified atom stereocenters. The van der Waals surface area contributed by atoms with Crippen LogP contribution in [0.2, 0.25) is 5.02 Å². The second-order valence-electron chi connectivity index (χ2n) is 4.73. The topological polar surface area (TPSA) is 24.9 Å². The van der Waals surface area contributed by atoms with Crippen LogP contribution in [0, 0.1) is 13.8 Å². The van der Waals surface area contributed by atoms with Crippen LogP contribution >= 0.6 is 11.6 Å². The van der Waals surface area contributed by atoms with Gasteiger partial charge in [0.2, 0.25) is 0 Å². The highest BCUT2D eigenvalue weighted by molar-refractivity contribution is 6.30. The van der Waals surface area contributed by atoms with Crippen LogP contribution in [0.3, 0.4) is 0 Å². The Kier molecular flexibility index (Phi) is 4.56. The van der Waals surface area contributed by atoms with Crippen molar-refractivity contribution in [2.75, 3.05) is 6.54 Å². The minimum Gasteiger partial charge on any atom is -0.307 e. The van der Waals surface area contributed by atoms with Gasteiger partial charge in [-0.05, 0) is 55.8 Å². The zero-order valence-electron chi connectivity index (χ0n) is 11.6. The van der Waals surface area contributed by atoms with Crippen molar-refractivity contribution in [1.82, 2.24) is 10.3 Å². The summed E-state index contributed by atoms with van der Waals surface area (Å²) >= 11 is 6.10. The van der Waals surface area contributed by atoms with E-state index < -0.39 is 0 Å². The van der Waals surface area contributed by atoms with E-state index >= 15 is 0 Å². The van der Waals surface area contributed by atoms with Crippen LogP contribution in [0.15, 0.2) is 36.4 Å². The molecule has 0 aliphatic heterocycles. The fourth-order valence-corrected chi connectivity index (χ4v) is 2.55. The third-order valence-electron chi connectivity index (χ3n) is 3.03. The maximum Gasteiger partial charge on any atom is 0.0578 e. The van der Waals surface area contributed by atoms with E-state index in [4.69, 9.17) is 11.6 Å². The lowest BCUT2D eigenvalue weighted by Crippen LogP contribution is -2.22. The number of hydrogen-bond acceptors (Lipinski definition) is 2. The predicted octanol–water partition coefficient (Wildman–Crippen LogP) is 4.05. The van der Waals surface area contributed by atoms with Crippen LogP contribution in [0.1, 0.15) is 35.5 Å². The van der Waals surface area contributed by atoms with Crippen LogP contribution in [-0.2, 0) is 0 Å². The molecule has 2 aromatic rings. The number of rotatable bonds is 4. The molecule has 2 nitrogen and oxygen atoms in total. The highest BCUT2D eigenvalue weighted by Gasteiger charge is 2.14. The molecule has 0 spiro atoms. The number of aryl methyl sites for hydroxylation is 2. The van der Waals surface area contributed by atoms with Crippen LogP contribution in [0.25, 0.3) is 0 Å². The summed E-state index contributed by atoms with van der Waals surface area (Å²) in [5.41, 5.74) is 4.49. The Morgan fingerprint density at radius 1 is 1.11 bits per heavy atom. The van der Waals surface area contributed by atoms with Gasteiger partial charge in [0.15, 0.2) is 0 Å². The van der Waals surface area contributed by atoms with Crippen molar-refractivity contribution in [3.05, 3.63) is 63.9 Å². The maximum absolute atomic E-state index is 6.10. The predicted molar refractivity (Wildman–Crippen MR) is 80.7 cm³/mol. The quantitative estimate of drug-likeness (QED) is 0.910. The lowest BCUT2D eigenvalue weighted by molar-refractivity contribution is 0.629. The first-order chi connectivity index (χ1) is 9.10. The van der Waals surface area contributed by atoms with E-state index in [1.165, 1.54) is 11.1 Å². The molecule has 100 valence electrons. The molecule has 0 radical (unpaired) electrons. The molecular weight excluding hydrogens is 256 g/mol. The van der Waals surface area contributed by atoms with Crippen molar-refractivity contribution < 1.29 is 0 Å². The fourth-order valence-electron chi connectivity index (χ4n) is 2.35. The van der Waals surface area contributed by atoms with Crippen LogP contribution in [-0.4, -0.2) is 11.5 Å². The summed E-state index contributed by atoms with van der Waals surface area (Å²) in [5.74, 6) is 0. The number of aromatic nitrogens is 1. The van der Waals surface area contributed by atoms with Gasteiger partial charge in [-0.1, -0.05) is 30.7 Å². The maximum atomic E-state index is 6.10. The van der Waals surface area contributed by atoms with Gasteiger partial charge in [-0.3, -0.25) is 4.98 Å². The summed E-state index contributed by atoms with van der Waals surface area (Å²) < 4.78 is 0. The van der Waals surface area contributed by atoms with Gasteiger partial charge >= 0.3 is 0 Å². The fraction of sp³-hybridized carbons (Fsp3) is 0.312. The van der Waals surface area contributed by atoms with Crippen LogP contribution in [0.4, 0.5) is 0 Å². The second-order valence-corrected chi connectivity index (χ2v) is 5.17. The first kappa shape index (κ1) is 14.0.